The number of benzene rings is 2. The number of carbonyl (C=O) groups excluding carboxylic acids is 1. The minimum atomic E-state index is -0.203. The van der Waals surface area contributed by atoms with Gasteiger partial charge in [-0.05, 0) is 36.4 Å². The standard InChI is InChI=1S/C19H20N4O4S/c1-23-18(12-4-6-13(24)7-5-12)21-22-19(23)28-11-17(25)20-15-10-14(26-2)8-9-16(15)27-3/h4-10,24H,11H2,1-3H3,(H,20,25). The molecule has 0 saturated carbocycles. The topological polar surface area (TPSA) is 98.5 Å². The summed E-state index contributed by atoms with van der Waals surface area (Å²) in [6.45, 7) is 0. The molecule has 0 aliphatic heterocycles. The van der Waals surface area contributed by atoms with Crippen molar-refractivity contribution in [3.63, 3.8) is 0 Å². The average molecular weight is 400 g/mol. The maximum atomic E-state index is 12.4. The number of amides is 1. The number of aromatic nitrogens is 3. The first-order valence-electron chi connectivity index (χ1n) is 8.35. The molecule has 0 fully saturated rings. The number of hydrogen-bond donors (Lipinski definition) is 2. The largest absolute Gasteiger partial charge is 0.508 e. The highest BCUT2D eigenvalue weighted by molar-refractivity contribution is 7.99. The zero-order valence-corrected chi connectivity index (χ0v) is 16.5. The Kier molecular flexibility index (Phi) is 6.05. The minimum absolute atomic E-state index is 0.155. The zero-order valence-electron chi connectivity index (χ0n) is 15.7. The lowest BCUT2D eigenvalue weighted by Crippen LogP contribution is -2.15. The second-order valence-electron chi connectivity index (χ2n) is 5.82. The predicted molar refractivity (Wildman–Crippen MR) is 107 cm³/mol. The van der Waals surface area contributed by atoms with Crippen LogP contribution >= 0.6 is 11.8 Å². The molecule has 2 N–H and O–H groups in total. The van der Waals surface area contributed by atoms with Crippen LogP contribution in [0, 0.1) is 0 Å². The lowest BCUT2D eigenvalue weighted by Gasteiger charge is -2.11. The Labute approximate surface area is 166 Å². The molecule has 0 atom stereocenters. The fourth-order valence-electron chi connectivity index (χ4n) is 2.53. The van der Waals surface area contributed by atoms with E-state index in [1.165, 1.54) is 18.9 Å². The summed E-state index contributed by atoms with van der Waals surface area (Å²) in [6.07, 6.45) is 0. The summed E-state index contributed by atoms with van der Waals surface area (Å²) in [6, 6.07) is 11.9. The molecule has 28 heavy (non-hydrogen) atoms. The van der Waals surface area contributed by atoms with Crippen LogP contribution in [0.15, 0.2) is 47.6 Å². The van der Waals surface area contributed by atoms with Crippen molar-refractivity contribution in [3.05, 3.63) is 42.5 Å². The number of nitrogens with zero attached hydrogens (tertiary/aromatic N) is 3. The molecule has 1 amide bonds. The number of aromatic hydroxyl groups is 1. The molecule has 0 spiro atoms. The van der Waals surface area contributed by atoms with E-state index in [9.17, 15) is 9.90 Å². The molecule has 3 rings (SSSR count). The molecule has 1 heterocycles. The van der Waals surface area contributed by atoms with Crippen molar-refractivity contribution in [2.24, 2.45) is 7.05 Å². The summed E-state index contributed by atoms with van der Waals surface area (Å²) in [4.78, 5) is 12.4. The van der Waals surface area contributed by atoms with Crippen LogP contribution in [0.2, 0.25) is 0 Å². The summed E-state index contributed by atoms with van der Waals surface area (Å²) in [7, 11) is 4.92. The van der Waals surface area contributed by atoms with Crippen molar-refractivity contribution < 1.29 is 19.4 Å². The predicted octanol–water partition coefficient (Wildman–Crippen LogP) is 2.94. The van der Waals surface area contributed by atoms with Crippen molar-refractivity contribution in [2.75, 3.05) is 25.3 Å². The van der Waals surface area contributed by atoms with E-state index in [4.69, 9.17) is 9.47 Å². The van der Waals surface area contributed by atoms with E-state index in [1.807, 2.05) is 7.05 Å². The van der Waals surface area contributed by atoms with Gasteiger partial charge in [0.25, 0.3) is 0 Å². The SMILES string of the molecule is COc1ccc(OC)c(NC(=O)CSc2nnc(-c3ccc(O)cc3)n2C)c1. The summed E-state index contributed by atoms with van der Waals surface area (Å²) < 4.78 is 12.3. The van der Waals surface area contributed by atoms with Gasteiger partial charge < -0.3 is 24.5 Å². The molecule has 0 aliphatic rings. The Bertz CT molecular complexity index is 973. The smallest absolute Gasteiger partial charge is 0.234 e. The molecule has 8 nitrogen and oxygen atoms in total. The summed E-state index contributed by atoms with van der Waals surface area (Å²) in [5.41, 5.74) is 1.36. The first-order chi connectivity index (χ1) is 13.5. The first-order valence-corrected chi connectivity index (χ1v) is 9.34. The van der Waals surface area contributed by atoms with Gasteiger partial charge in [0, 0.05) is 18.7 Å². The number of phenolic OH excluding ortho intramolecular Hbond substituents is 1. The van der Waals surface area contributed by atoms with Gasteiger partial charge in [0.1, 0.15) is 17.2 Å². The average Bonchev–Trinajstić information content (AvgIpc) is 3.07. The Morgan fingerprint density at radius 2 is 1.89 bits per heavy atom. The fraction of sp³-hybridized carbons (Fsp3) is 0.211. The molecule has 0 bridgehead atoms. The molecule has 0 unspecified atom stereocenters. The number of methoxy groups -OCH3 is 2. The Morgan fingerprint density at radius 3 is 2.57 bits per heavy atom. The number of thioether (sulfide) groups is 1. The van der Waals surface area contributed by atoms with Gasteiger partial charge in [-0.25, -0.2) is 0 Å². The molecule has 1 aromatic heterocycles. The van der Waals surface area contributed by atoms with Crippen LogP contribution in [0.25, 0.3) is 11.4 Å². The van der Waals surface area contributed by atoms with Crippen molar-refractivity contribution >= 4 is 23.4 Å². The van der Waals surface area contributed by atoms with Gasteiger partial charge in [0.2, 0.25) is 5.91 Å². The number of nitrogens with one attached hydrogen (secondary N) is 1. The van der Waals surface area contributed by atoms with Gasteiger partial charge in [-0.1, -0.05) is 11.8 Å². The van der Waals surface area contributed by atoms with E-state index in [-0.39, 0.29) is 17.4 Å². The van der Waals surface area contributed by atoms with Crippen molar-refractivity contribution in [1.82, 2.24) is 14.8 Å². The molecule has 3 aromatic rings. The Hall–Kier alpha value is -3.20. The van der Waals surface area contributed by atoms with Gasteiger partial charge >= 0.3 is 0 Å². The van der Waals surface area contributed by atoms with Crippen LogP contribution in [-0.2, 0) is 11.8 Å². The summed E-state index contributed by atoms with van der Waals surface area (Å²) in [5, 5.41) is 21.1. The first kappa shape index (κ1) is 19.6. The third-order valence-electron chi connectivity index (χ3n) is 3.97. The summed E-state index contributed by atoms with van der Waals surface area (Å²) in [5.74, 6) is 1.96. The molecular weight excluding hydrogens is 380 g/mol. The number of carbonyl (C=O) groups is 1. The van der Waals surface area contributed by atoms with Crippen molar-refractivity contribution in [2.45, 2.75) is 5.16 Å². The van der Waals surface area contributed by atoms with E-state index >= 15 is 0 Å². The molecule has 9 heteroatoms. The quantitative estimate of drug-likeness (QED) is 0.588. The highest BCUT2D eigenvalue weighted by Gasteiger charge is 2.14. The number of anilines is 1. The highest BCUT2D eigenvalue weighted by atomic mass is 32.2. The lowest BCUT2D eigenvalue weighted by atomic mass is 10.2. The van der Waals surface area contributed by atoms with Gasteiger partial charge in [0.15, 0.2) is 11.0 Å². The molecular formula is C19H20N4O4S. The van der Waals surface area contributed by atoms with Crippen molar-refractivity contribution in [3.8, 4) is 28.6 Å². The van der Waals surface area contributed by atoms with Crippen LogP contribution in [0.5, 0.6) is 17.2 Å². The fourth-order valence-corrected chi connectivity index (χ4v) is 3.24. The maximum Gasteiger partial charge on any atom is 0.234 e. The van der Waals surface area contributed by atoms with Crippen LogP contribution in [-0.4, -0.2) is 45.8 Å². The number of hydrogen-bond acceptors (Lipinski definition) is 7. The second-order valence-corrected chi connectivity index (χ2v) is 6.76. The second kappa shape index (κ2) is 8.66. The summed E-state index contributed by atoms with van der Waals surface area (Å²) >= 11 is 1.27. The molecule has 2 aromatic carbocycles. The van der Waals surface area contributed by atoms with Crippen LogP contribution in [0.1, 0.15) is 0 Å². The zero-order chi connectivity index (χ0) is 20.1. The Morgan fingerprint density at radius 1 is 1.14 bits per heavy atom. The number of ether oxygens (including phenoxy) is 2. The van der Waals surface area contributed by atoms with Crippen LogP contribution in [0.3, 0.4) is 0 Å². The minimum Gasteiger partial charge on any atom is -0.508 e. The van der Waals surface area contributed by atoms with Crippen LogP contribution < -0.4 is 14.8 Å². The number of rotatable bonds is 7. The normalized spacial score (nSPS) is 10.5. The third-order valence-corrected chi connectivity index (χ3v) is 4.99. The monoisotopic (exact) mass is 400 g/mol. The molecule has 0 aliphatic carbocycles. The van der Waals surface area contributed by atoms with E-state index < -0.39 is 0 Å². The van der Waals surface area contributed by atoms with E-state index in [0.29, 0.717) is 28.2 Å². The van der Waals surface area contributed by atoms with E-state index in [1.54, 1.807) is 54.1 Å². The molecule has 146 valence electrons. The lowest BCUT2D eigenvalue weighted by molar-refractivity contribution is -0.113. The molecule has 0 radical (unpaired) electrons. The van der Waals surface area contributed by atoms with Crippen molar-refractivity contribution in [1.29, 1.82) is 0 Å². The number of phenols is 1. The van der Waals surface area contributed by atoms with Gasteiger partial charge in [0.05, 0.1) is 25.7 Å². The van der Waals surface area contributed by atoms with Gasteiger partial charge in [-0.15, -0.1) is 10.2 Å². The van der Waals surface area contributed by atoms with E-state index in [2.05, 4.69) is 15.5 Å². The van der Waals surface area contributed by atoms with Gasteiger partial charge in [-0.2, -0.15) is 0 Å². The molecule has 0 saturated heterocycles. The maximum absolute atomic E-state index is 12.4. The Balaban J connectivity index is 1.66. The van der Waals surface area contributed by atoms with Crippen LogP contribution in [0.4, 0.5) is 5.69 Å². The van der Waals surface area contributed by atoms with E-state index in [0.717, 1.165) is 5.56 Å². The van der Waals surface area contributed by atoms with Gasteiger partial charge in [-0.3, -0.25) is 4.79 Å². The third kappa shape index (κ3) is 4.37. The highest BCUT2D eigenvalue weighted by Crippen LogP contribution is 2.29.